The molecule has 0 amide bonds. The SMILES string of the molecule is CCNC(=NCc1cc(Cl)c2c(c1)OCCCO2)NCC1CCOCC1. The van der Waals surface area contributed by atoms with Crippen molar-refractivity contribution in [3.05, 3.63) is 22.7 Å². The first kappa shape index (κ1) is 19.1. The molecule has 1 saturated heterocycles. The van der Waals surface area contributed by atoms with Crippen molar-refractivity contribution in [2.24, 2.45) is 10.9 Å². The molecule has 0 spiro atoms. The maximum absolute atomic E-state index is 6.36. The standard InChI is InChI=1S/C19H28ClN3O3/c1-2-21-19(22-12-14-4-8-24-9-5-14)23-13-15-10-16(20)18-17(11-15)25-6-3-7-26-18/h10-11,14H,2-9,12-13H2,1H3,(H2,21,22,23). The number of hydrogen-bond donors (Lipinski definition) is 2. The molecule has 26 heavy (non-hydrogen) atoms. The van der Waals surface area contributed by atoms with E-state index in [0.717, 1.165) is 57.1 Å². The van der Waals surface area contributed by atoms with Crippen LogP contribution in [0.4, 0.5) is 0 Å². The van der Waals surface area contributed by atoms with Gasteiger partial charge < -0.3 is 24.8 Å². The van der Waals surface area contributed by atoms with Gasteiger partial charge in [-0.05, 0) is 43.4 Å². The van der Waals surface area contributed by atoms with Gasteiger partial charge in [-0.1, -0.05) is 11.6 Å². The number of ether oxygens (including phenoxy) is 3. The maximum atomic E-state index is 6.36. The van der Waals surface area contributed by atoms with Gasteiger partial charge in [0.25, 0.3) is 0 Å². The smallest absolute Gasteiger partial charge is 0.191 e. The fourth-order valence-corrected chi connectivity index (χ4v) is 3.37. The molecule has 0 saturated carbocycles. The van der Waals surface area contributed by atoms with E-state index in [2.05, 4.69) is 22.5 Å². The van der Waals surface area contributed by atoms with Crippen LogP contribution in [0.1, 0.15) is 31.7 Å². The van der Waals surface area contributed by atoms with E-state index in [1.54, 1.807) is 0 Å². The van der Waals surface area contributed by atoms with E-state index in [1.807, 2.05) is 12.1 Å². The summed E-state index contributed by atoms with van der Waals surface area (Å²) in [5.74, 6) is 2.81. The lowest BCUT2D eigenvalue weighted by atomic mass is 10.0. The van der Waals surface area contributed by atoms with Crippen LogP contribution in [0.15, 0.2) is 17.1 Å². The zero-order valence-corrected chi connectivity index (χ0v) is 16.1. The third kappa shape index (κ3) is 5.42. The normalized spacial score (nSPS) is 18.3. The van der Waals surface area contributed by atoms with Crippen LogP contribution in [0.3, 0.4) is 0 Å². The molecule has 1 aromatic carbocycles. The van der Waals surface area contributed by atoms with Gasteiger partial charge in [0.05, 0.1) is 24.8 Å². The number of rotatable bonds is 5. The molecule has 0 aromatic heterocycles. The summed E-state index contributed by atoms with van der Waals surface area (Å²) < 4.78 is 16.8. The fourth-order valence-electron chi connectivity index (χ4n) is 3.08. The largest absolute Gasteiger partial charge is 0.489 e. The summed E-state index contributed by atoms with van der Waals surface area (Å²) in [7, 11) is 0. The summed E-state index contributed by atoms with van der Waals surface area (Å²) in [5, 5.41) is 7.32. The second-order valence-corrected chi connectivity index (χ2v) is 6.99. The number of nitrogens with zero attached hydrogens (tertiary/aromatic N) is 1. The molecule has 2 N–H and O–H groups in total. The lowest BCUT2D eigenvalue weighted by molar-refractivity contribution is 0.0675. The van der Waals surface area contributed by atoms with Gasteiger partial charge in [-0.25, -0.2) is 4.99 Å². The highest BCUT2D eigenvalue weighted by atomic mass is 35.5. The predicted molar refractivity (Wildman–Crippen MR) is 103 cm³/mol. The molecule has 2 aliphatic heterocycles. The summed E-state index contributed by atoms with van der Waals surface area (Å²) >= 11 is 6.36. The minimum atomic E-state index is 0.527. The molecule has 0 radical (unpaired) electrons. The highest BCUT2D eigenvalue weighted by molar-refractivity contribution is 6.32. The summed E-state index contributed by atoms with van der Waals surface area (Å²) in [5.41, 5.74) is 1.00. The van der Waals surface area contributed by atoms with Gasteiger partial charge in [0.15, 0.2) is 17.5 Å². The zero-order chi connectivity index (χ0) is 18.2. The Hall–Kier alpha value is -1.66. The van der Waals surface area contributed by atoms with Crippen molar-refractivity contribution < 1.29 is 14.2 Å². The average molecular weight is 382 g/mol. The van der Waals surface area contributed by atoms with Crippen LogP contribution in [-0.4, -0.2) is 45.5 Å². The van der Waals surface area contributed by atoms with E-state index >= 15 is 0 Å². The molecule has 1 aromatic rings. The first-order valence-electron chi connectivity index (χ1n) is 9.44. The third-order valence-corrected chi connectivity index (χ3v) is 4.81. The van der Waals surface area contributed by atoms with Crippen molar-refractivity contribution in [3.8, 4) is 11.5 Å². The topological polar surface area (TPSA) is 64.1 Å². The monoisotopic (exact) mass is 381 g/mol. The van der Waals surface area contributed by atoms with Crippen LogP contribution in [0.25, 0.3) is 0 Å². The summed E-state index contributed by atoms with van der Waals surface area (Å²) in [6.07, 6.45) is 3.06. The van der Waals surface area contributed by atoms with E-state index in [4.69, 9.17) is 25.8 Å². The van der Waals surface area contributed by atoms with Crippen molar-refractivity contribution in [2.45, 2.75) is 32.7 Å². The van der Waals surface area contributed by atoms with Gasteiger partial charge >= 0.3 is 0 Å². The van der Waals surface area contributed by atoms with Crippen molar-refractivity contribution >= 4 is 17.6 Å². The first-order valence-corrected chi connectivity index (χ1v) is 9.82. The number of hydrogen-bond acceptors (Lipinski definition) is 4. The van der Waals surface area contributed by atoms with Crippen LogP contribution in [0.2, 0.25) is 5.02 Å². The Morgan fingerprint density at radius 1 is 1.15 bits per heavy atom. The Kier molecular flexibility index (Phi) is 7.26. The Morgan fingerprint density at radius 2 is 1.96 bits per heavy atom. The molecule has 3 rings (SSSR count). The Morgan fingerprint density at radius 3 is 2.77 bits per heavy atom. The number of aliphatic imine (C=N–C) groups is 1. The minimum Gasteiger partial charge on any atom is -0.489 e. The number of fused-ring (bicyclic) bond motifs is 1. The Labute approximate surface area is 160 Å². The van der Waals surface area contributed by atoms with Crippen molar-refractivity contribution in [2.75, 3.05) is 39.5 Å². The van der Waals surface area contributed by atoms with E-state index in [0.29, 0.717) is 42.2 Å². The summed E-state index contributed by atoms with van der Waals surface area (Å²) in [6.45, 7) is 7.32. The zero-order valence-electron chi connectivity index (χ0n) is 15.4. The van der Waals surface area contributed by atoms with Gasteiger partial charge in [0, 0.05) is 32.7 Å². The molecule has 0 unspecified atom stereocenters. The first-order chi connectivity index (χ1) is 12.8. The van der Waals surface area contributed by atoms with E-state index in [-0.39, 0.29) is 0 Å². The molecule has 2 aliphatic rings. The average Bonchev–Trinajstić information content (AvgIpc) is 2.91. The molecule has 6 nitrogen and oxygen atoms in total. The minimum absolute atomic E-state index is 0.527. The lowest BCUT2D eigenvalue weighted by Crippen LogP contribution is -2.40. The molecular weight excluding hydrogens is 354 g/mol. The molecule has 144 valence electrons. The lowest BCUT2D eigenvalue weighted by Gasteiger charge is -2.23. The van der Waals surface area contributed by atoms with Crippen LogP contribution in [-0.2, 0) is 11.3 Å². The maximum Gasteiger partial charge on any atom is 0.191 e. The molecule has 2 heterocycles. The van der Waals surface area contributed by atoms with Gasteiger partial charge in [-0.2, -0.15) is 0 Å². The molecule has 1 fully saturated rings. The number of nitrogens with one attached hydrogen (secondary N) is 2. The number of benzene rings is 1. The number of guanidine groups is 1. The summed E-state index contributed by atoms with van der Waals surface area (Å²) in [6, 6.07) is 3.87. The van der Waals surface area contributed by atoms with Crippen molar-refractivity contribution in [1.29, 1.82) is 0 Å². The van der Waals surface area contributed by atoms with Crippen molar-refractivity contribution in [1.82, 2.24) is 10.6 Å². The second kappa shape index (κ2) is 9.88. The van der Waals surface area contributed by atoms with Crippen LogP contribution >= 0.6 is 11.6 Å². The van der Waals surface area contributed by atoms with E-state index in [1.165, 1.54) is 0 Å². The molecule has 7 heteroatoms. The molecule has 0 atom stereocenters. The van der Waals surface area contributed by atoms with Gasteiger partial charge in [-0.3, -0.25) is 0 Å². The van der Waals surface area contributed by atoms with Gasteiger partial charge in [-0.15, -0.1) is 0 Å². The molecular formula is C19H28ClN3O3. The predicted octanol–water partition coefficient (Wildman–Crippen LogP) is 2.98. The van der Waals surface area contributed by atoms with E-state index in [9.17, 15) is 0 Å². The highest BCUT2D eigenvalue weighted by Gasteiger charge is 2.16. The van der Waals surface area contributed by atoms with Gasteiger partial charge in [0.2, 0.25) is 0 Å². The van der Waals surface area contributed by atoms with Crippen LogP contribution in [0, 0.1) is 5.92 Å². The summed E-state index contributed by atoms with van der Waals surface area (Å²) in [4.78, 5) is 4.69. The molecule has 0 bridgehead atoms. The quantitative estimate of drug-likeness (QED) is 0.606. The third-order valence-electron chi connectivity index (χ3n) is 4.52. The number of halogens is 1. The second-order valence-electron chi connectivity index (χ2n) is 6.59. The van der Waals surface area contributed by atoms with Crippen molar-refractivity contribution in [3.63, 3.8) is 0 Å². The van der Waals surface area contributed by atoms with Crippen LogP contribution < -0.4 is 20.1 Å². The van der Waals surface area contributed by atoms with Crippen LogP contribution in [0.5, 0.6) is 11.5 Å². The molecule has 0 aliphatic carbocycles. The fraction of sp³-hybridized carbons (Fsp3) is 0.632. The highest BCUT2D eigenvalue weighted by Crippen LogP contribution is 2.38. The Balaban J connectivity index is 1.63. The Bertz CT molecular complexity index is 618. The van der Waals surface area contributed by atoms with E-state index < -0.39 is 0 Å². The van der Waals surface area contributed by atoms with Gasteiger partial charge in [0.1, 0.15) is 0 Å².